The van der Waals surface area contributed by atoms with Crippen LogP contribution in [0.1, 0.15) is 18.3 Å². The Morgan fingerprint density at radius 1 is 1.46 bits per heavy atom. The van der Waals surface area contributed by atoms with Gasteiger partial charge >= 0.3 is 0 Å². The molecule has 0 bridgehead atoms. The molecule has 0 radical (unpaired) electrons. The van der Waals surface area contributed by atoms with Crippen LogP contribution in [0.5, 0.6) is 5.75 Å². The van der Waals surface area contributed by atoms with Crippen molar-refractivity contribution in [3.63, 3.8) is 0 Å². The second-order valence-electron chi connectivity index (χ2n) is 5.08. The smallest absolute Gasteiger partial charge is 0.233 e. The SMILES string of the molecule is C=CCN(Cc1ccccc1OC)C(=O)CSc1n[nH]c(CC)n1. The fourth-order valence-corrected chi connectivity index (χ4v) is 2.89. The summed E-state index contributed by atoms with van der Waals surface area (Å²) >= 11 is 1.33. The van der Waals surface area contributed by atoms with Crippen LogP contribution in [0.15, 0.2) is 42.1 Å². The Balaban J connectivity index is 2.00. The number of H-pyrrole nitrogens is 1. The van der Waals surface area contributed by atoms with Gasteiger partial charge in [0.15, 0.2) is 0 Å². The third-order valence-corrected chi connectivity index (χ3v) is 4.26. The van der Waals surface area contributed by atoms with Crippen LogP contribution in [-0.2, 0) is 17.8 Å². The van der Waals surface area contributed by atoms with Crippen molar-refractivity contribution in [2.75, 3.05) is 19.4 Å². The number of aromatic nitrogens is 3. The molecule has 1 aromatic carbocycles. The van der Waals surface area contributed by atoms with E-state index in [1.807, 2.05) is 31.2 Å². The molecule has 7 heteroatoms. The number of methoxy groups -OCH3 is 1. The molecular weight excluding hydrogens is 324 g/mol. The summed E-state index contributed by atoms with van der Waals surface area (Å²) in [7, 11) is 1.63. The number of aryl methyl sites for hydroxylation is 1. The van der Waals surface area contributed by atoms with Crippen molar-refractivity contribution < 1.29 is 9.53 Å². The number of aromatic amines is 1. The highest BCUT2D eigenvalue weighted by Gasteiger charge is 2.16. The van der Waals surface area contributed by atoms with E-state index >= 15 is 0 Å². The number of carbonyl (C=O) groups excluding carboxylic acids is 1. The summed E-state index contributed by atoms with van der Waals surface area (Å²) in [5.41, 5.74) is 0.964. The molecule has 1 amide bonds. The zero-order valence-corrected chi connectivity index (χ0v) is 14.8. The first-order valence-corrected chi connectivity index (χ1v) is 8.71. The number of benzene rings is 1. The highest BCUT2D eigenvalue weighted by molar-refractivity contribution is 7.99. The van der Waals surface area contributed by atoms with Crippen molar-refractivity contribution in [2.24, 2.45) is 0 Å². The third kappa shape index (κ3) is 4.86. The molecule has 0 fully saturated rings. The molecule has 0 aliphatic carbocycles. The highest BCUT2D eigenvalue weighted by atomic mass is 32.2. The summed E-state index contributed by atoms with van der Waals surface area (Å²) in [5, 5.41) is 7.53. The molecule has 2 rings (SSSR count). The number of ether oxygens (including phenoxy) is 1. The number of nitrogens with one attached hydrogen (secondary N) is 1. The average molecular weight is 346 g/mol. The summed E-state index contributed by atoms with van der Waals surface area (Å²) in [6.45, 7) is 6.69. The van der Waals surface area contributed by atoms with E-state index in [4.69, 9.17) is 4.74 Å². The van der Waals surface area contributed by atoms with Crippen LogP contribution in [0.2, 0.25) is 0 Å². The Morgan fingerprint density at radius 2 is 2.25 bits per heavy atom. The summed E-state index contributed by atoms with van der Waals surface area (Å²) in [4.78, 5) is 18.6. The lowest BCUT2D eigenvalue weighted by Crippen LogP contribution is -2.32. The number of hydrogen-bond donors (Lipinski definition) is 1. The number of thioether (sulfide) groups is 1. The van der Waals surface area contributed by atoms with Crippen LogP contribution in [0.25, 0.3) is 0 Å². The number of hydrogen-bond acceptors (Lipinski definition) is 5. The van der Waals surface area contributed by atoms with Crippen LogP contribution < -0.4 is 4.74 Å². The van der Waals surface area contributed by atoms with Gasteiger partial charge in [0.25, 0.3) is 0 Å². The molecule has 0 spiro atoms. The summed E-state index contributed by atoms with van der Waals surface area (Å²) in [6.07, 6.45) is 2.51. The van der Waals surface area contributed by atoms with E-state index in [0.717, 1.165) is 23.6 Å². The lowest BCUT2D eigenvalue weighted by atomic mass is 10.2. The van der Waals surface area contributed by atoms with E-state index < -0.39 is 0 Å². The van der Waals surface area contributed by atoms with Crippen molar-refractivity contribution in [1.29, 1.82) is 0 Å². The number of amides is 1. The van der Waals surface area contributed by atoms with Crippen LogP contribution in [-0.4, -0.2) is 45.4 Å². The molecule has 128 valence electrons. The van der Waals surface area contributed by atoms with Gasteiger partial charge in [-0.2, -0.15) is 0 Å². The van der Waals surface area contributed by atoms with Gasteiger partial charge in [0.2, 0.25) is 11.1 Å². The van der Waals surface area contributed by atoms with Crippen molar-refractivity contribution in [3.05, 3.63) is 48.3 Å². The summed E-state index contributed by atoms with van der Waals surface area (Å²) in [6, 6.07) is 7.69. The van der Waals surface area contributed by atoms with E-state index in [-0.39, 0.29) is 11.7 Å². The highest BCUT2D eigenvalue weighted by Crippen LogP contribution is 2.20. The van der Waals surface area contributed by atoms with E-state index in [1.165, 1.54) is 11.8 Å². The molecule has 1 heterocycles. The molecule has 6 nitrogen and oxygen atoms in total. The predicted octanol–water partition coefficient (Wildman–Crippen LogP) is 2.68. The van der Waals surface area contributed by atoms with Gasteiger partial charge in [-0.15, -0.1) is 11.7 Å². The first-order valence-electron chi connectivity index (χ1n) is 7.72. The fraction of sp³-hybridized carbons (Fsp3) is 0.353. The molecule has 0 atom stereocenters. The quantitative estimate of drug-likeness (QED) is 0.558. The molecule has 1 aromatic heterocycles. The maximum absolute atomic E-state index is 12.5. The van der Waals surface area contributed by atoms with E-state index in [0.29, 0.717) is 18.2 Å². The lowest BCUT2D eigenvalue weighted by Gasteiger charge is -2.22. The van der Waals surface area contributed by atoms with Crippen molar-refractivity contribution in [1.82, 2.24) is 20.1 Å². The number of rotatable bonds is 9. The Labute approximate surface area is 146 Å². The van der Waals surface area contributed by atoms with Crippen molar-refractivity contribution >= 4 is 17.7 Å². The van der Waals surface area contributed by atoms with Gasteiger partial charge < -0.3 is 9.64 Å². The van der Waals surface area contributed by atoms with Gasteiger partial charge in [0.05, 0.1) is 12.9 Å². The summed E-state index contributed by atoms with van der Waals surface area (Å²) in [5.74, 6) is 1.88. The Bertz CT molecular complexity index is 687. The zero-order valence-electron chi connectivity index (χ0n) is 14.0. The van der Waals surface area contributed by atoms with Gasteiger partial charge in [-0.3, -0.25) is 9.89 Å². The van der Waals surface area contributed by atoms with Gasteiger partial charge in [-0.1, -0.05) is 43.0 Å². The second-order valence-corrected chi connectivity index (χ2v) is 6.02. The lowest BCUT2D eigenvalue weighted by molar-refractivity contribution is -0.128. The molecule has 24 heavy (non-hydrogen) atoms. The van der Waals surface area contributed by atoms with Crippen LogP contribution in [0.3, 0.4) is 0 Å². The second kappa shape index (κ2) is 9.12. The fourth-order valence-electron chi connectivity index (χ4n) is 2.17. The Kier molecular flexibility index (Phi) is 6.87. The molecule has 1 N–H and O–H groups in total. The Hall–Kier alpha value is -2.28. The van der Waals surface area contributed by atoms with Crippen LogP contribution in [0.4, 0.5) is 0 Å². The van der Waals surface area contributed by atoms with Gasteiger partial charge in [-0.05, 0) is 6.07 Å². The van der Waals surface area contributed by atoms with Gasteiger partial charge in [0.1, 0.15) is 11.6 Å². The van der Waals surface area contributed by atoms with Crippen LogP contribution in [0, 0.1) is 0 Å². The number of nitrogens with zero attached hydrogens (tertiary/aromatic N) is 3. The standard InChI is InChI=1S/C17H22N4O2S/c1-4-10-21(11-13-8-6-7-9-14(13)23-3)16(22)12-24-17-18-15(5-2)19-20-17/h4,6-9H,1,5,10-12H2,2-3H3,(H,18,19,20). The van der Waals surface area contributed by atoms with E-state index in [9.17, 15) is 4.79 Å². The minimum Gasteiger partial charge on any atom is -0.496 e. The zero-order chi connectivity index (χ0) is 17.4. The number of carbonyl (C=O) groups is 1. The minimum absolute atomic E-state index is 0.00801. The monoisotopic (exact) mass is 346 g/mol. The van der Waals surface area contributed by atoms with Gasteiger partial charge in [0, 0.05) is 25.1 Å². The van der Waals surface area contributed by atoms with Gasteiger partial charge in [-0.25, -0.2) is 4.98 Å². The molecule has 0 saturated carbocycles. The average Bonchev–Trinajstić information content (AvgIpc) is 3.08. The molecular formula is C17H22N4O2S. The predicted molar refractivity (Wildman–Crippen MR) is 95.1 cm³/mol. The third-order valence-electron chi connectivity index (χ3n) is 3.43. The Morgan fingerprint density at radius 3 is 2.92 bits per heavy atom. The van der Waals surface area contributed by atoms with Crippen molar-refractivity contribution in [3.8, 4) is 5.75 Å². The summed E-state index contributed by atoms with van der Waals surface area (Å²) < 4.78 is 5.36. The van der Waals surface area contributed by atoms with E-state index in [2.05, 4.69) is 21.8 Å². The first kappa shape index (κ1) is 18.1. The molecule has 0 aliphatic heterocycles. The maximum atomic E-state index is 12.5. The minimum atomic E-state index is 0.00801. The largest absolute Gasteiger partial charge is 0.496 e. The number of para-hydroxylation sites is 1. The van der Waals surface area contributed by atoms with Crippen LogP contribution >= 0.6 is 11.8 Å². The first-order chi connectivity index (χ1) is 11.7. The van der Waals surface area contributed by atoms with Crippen molar-refractivity contribution in [2.45, 2.75) is 25.0 Å². The maximum Gasteiger partial charge on any atom is 0.233 e. The molecule has 0 unspecified atom stereocenters. The van der Waals surface area contributed by atoms with E-state index in [1.54, 1.807) is 18.1 Å². The molecule has 0 saturated heterocycles. The molecule has 2 aromatic rings. The topological polar surface area (TPSA) is 71.1 Å². The molecule has 0 aliphatic rings. The normalized spacial score (nSPS) is 10.4.